The number of hydrogen-bond acceptors (Lipinski definition) is 1. The van der Waals surface area contributed by atoms with Crippen molar-refractivity contribution in [2.75, 3.05) is 7.05 Å². The van der Waals surface area contributed by atoms with E-state index in [1.54, 1.807) is 0 Å². The van der Waals surface area contributed by atoms with Gasteiger partial charge in [-0.25, -0.2) is 0 Å². The minimum absolute atomic E-state index is 0.520. The molecule has 1 unspecified atom stereocenters. The molecule has 18 heavy (non-hydrogen) atoms. The highest BCUT2D eigenvalue weighted by molar-refractivity contribution is 7.80. The molecule has 2 nitrogen and oxygen atoms in total. The standard InChI is InChI=1S/C15H28N2S/c1-7-8-14(9-11(2)3)12(4)10-13(5)17-15(18)16-6/h8,11-12H,5,7,9-10H2,1-4,6H3,(H2,16,17,18)/b14-8-. The largest absolute Gasteiger partial charge is 0.366 e. The highest BCUT2D eigenvalue weighted by Gasteiger charge is 2.12. The summed E-state index contributed by atoms with van der Waals surface area (Å²) in [5.41, 5.74) is 2.51. The SMILES string of the molecule is C=C(CC(C)/C(=C\CC)CC(C)C)NC(=S)NC. The van der Waals surface area contributed by atoms with Crippen molar-refractivity contribution in [2.24, 2.45) is 11.8 Å². The second kappa shape index (κ2) is 9.15. The summed E-state index contributed by atoms with van der Waals surface area (Å²) in [5, 5.41) is 6.65. The maximum Gasteiger partial charge on any atom is 0.170 e. The monoisotopic (exact) mass is 268 g/mol. The fourth-order valence-electron chi connectivity index (χ4n) is 1.99. The maximum atomic E-state index is 5.07. The molecule has 0 heterocycles. The lowest BCUT2D eigenvalue weighted by Gasteiger charge is -2.20. The molecule has 0 aromatic rings. The number of thiocarbonyl (C=S) groups is 1. The van der Waals surface area contributed by atoms with Crippen LogP contribution >= 0.6 is 12.2 Å². The summed E-state index contributed by atoms with van der Waals surface area (Å²) in [5.74, 6) is 1.22. The summed E-state index contributed by atoms with van der Waals surface area (Å²) in [6.45, 7) is 13.0. The highest BCUT2D eigenvalue weighted by atomic mass is 32.1. The van der Waals surface area contributed by atoms with E-state index in [1.165, 1.54) is 12.0 Å². The van der Waals surface area contributed by atoms with Crippen LogP contribution in [-0.4, -0.2) is 12.2 Å². The van der Waals surface area contributed by atoms with E-state index in [0.717, 1.165) is 18.5 Å². The van der Waals surface area contributed by atoms with Crippen LogP contribution in [-0.2, 0) is 0 Å². The molecule has 1 atom stereocenters. The molecule has 0 aliphatic rings. The Morgan fingerprint density at radius 3 is 2.33 bits per heavy atom. The Morgan fingerprint density at radius 1 is 1.28 bits per heavy atom. The van der Waals surface area contributed by atoms with Crippen LogP contribution in [0.25, 0.3) is 0 Å². The van der Waals surface area contributed by atoms with Gasteiger partial charge in [-0.15, -0.1) is 0 Å². The molecule has 0 aliphatic carbocycles. The van der Waals surface area contributed by atoms with Crippen molar-refractivity contribution in [3.05, 3.63) is 23.9 Å². The average molecular weight is 268 g/mol. The third-order valence-electron chi connectivity index (χ3n) is 2.81. The topological polar surface area (TPSA) is 24.1 Å². The predicted octanol–water partition coefficient (Wildman–Crippen LogP) is 4.00. The van der Waals surface area contributed by atoms with Crippen molar-refractivity contribution in [2.45, 2.75) is 47.0 Å². The quantitative estimate of drug-likeness (QED) is 0.539. The van der Waals surface area contributed by atoms with Crippen LogP contribution in [0.1, 0.15) is 47.0 Å². The van der Waals surface area contributed by atoms with Gasteiger partial charge in [-0.05, 0) is 43.3 Å². The summed E-state index contributed by atoms with van der Waals surface area (Å²) < 4.78 is 0. The Hall–Kier alpha value is -0.830. The van der Waals surface area contributed by atoms with Gasteiger partial charge in [-0.3, -0.25) is 0 Å². The summed E-state index contributed by atoms with van der Waals surface area (Å²) in [6.07, 6.45) is 5.55. The fraction of sp³-hybridized carbons (Fsp3) is 0.667. The van der Waals surface area contributed by atoms with Crippen molar-refractivity contribution >= 4 is 17.3 Å². The minimum Gasteiger partial charge on any atom is -0.366 e. The van der Waals surface area contributed by atoms with Crippen LogP contribution < -0.4 is 10.6 Å². The van der Waals surface area contributed by atoms with E-state index >= 15 is 0 Å². The summed E-state index contributed by atoms with van der Waals surface area (Å²) >= 11 is 5.07. The van der Waals surface area contributed by atoms with Crippen LogP contribution in [0.3, 0.4) is 0 Å². The zero-order chi connectivity index (χ0) is 14.1. The molecule has 2 N–H and O–H groups in total. The van der Waals surface area contributed by atoms with Gasteiger partial charge in [-0.1, -0.05) is 45.9 Å². The van der Waals surface area contributed by atoms with Crippen LogP contribution in [0, 0.1) is 11.8 Å². The molecule has 0 radical (unpaired) electrons. The van der Waals surface area contributed by atoms with Gasteiger partial charge in [0.1, 0.15) is 0 Å². The van der Waals surface area contributed by atoms with Gasteiger partial charge in [0.05, 0.1) is 0 Å². The Kier molecular flexibility index (Phi) is 8.73. The third kappa shape index (κ3) is 7.49. The van der Waals surface area contributed by atoms with Crippen molar-refractivity contribution in [1.29, 1.82) is 0 Å². The molecule has 0 aromatic carbocycles. The lowest BCUT2D eigenvalue weighted by atomic mass is 9.89. The smallest absolute Gasteiger partial charge is 0.170 e. The summed E-state index contributed by atoms with van der Waals surface area (Å²) in [6, 6.07) is 0. The molecule has 0 fully saturated rings. The maximum absolute atomic E-state index is 5.07. The number of nitrogens with one attached hydrogen (secondary N) is 2. The van der Waals surface area contributed by atoms with E-state index in [1.807, 2.05) is 7.05 Å². The van der Waals surface area contributed by atoms with Crippen molar-refractivity contribution in [3.63, 3.8) is 0 Å². The van der Waals surface area contributed by atoms with Gasteiger partial charge in [0.15, 0.2) is 5.11 Å². The van der Waals surface area contributed by atoms with Crippen LogP contribution in [0.5, 0.6) is 0 Å². The van der Waals surface area contributed by atoms with E-state index < -0.39 is 0 Å². The minimum atomic E-state index is 0.520. The fourth-order valence-corrected chi connectivity index (χ4v) is 2.14. The van der Waals surface area contributed by atoms with E-state index in [-0.39, 0.29) is 0 Å². The van der Waals surface area contributed by atoms with Crippen molar-refractivity contribution < 1.29 is 0 Å². The van der Waals surface area contributed by atoms with E-state index in [9.17, 15) is 0 Å². The first-order valence-electron chi connectivity index (χ1n) is 6.76. The molecule has 0 saturated carbocycles. The second-order valence-corrected chi connectivity index (χ2v) is 5.61. The first kappa shape index (κ1) is 17.2. The van der Waals surface area contributed by atoms with Crippen LogP contribution in [0.2, 0.25) is 0 Å². The molecule has 0 bridgehead atoms. The summed E-state index contributed by atoms with van der Waals surface area (Å²) in [4.78, 5) is 0. The van der Waals surface area contributed by atoms with Gasteiger partial charge >= 0.3 is 0 Å². The highest BCUT2D eigenvalue weighted by Crippen LogP contribution is 2.24. The van der Waals surface area contributed by atoms with Gasteiger partial charge < -0.3 is 10.6 Å². The van der Waals surface area contributed by atoms with E-state index in [0.29, 0.717) is 16.9 Å². The predicted molar refractivity (Wildman–Crippen MR) is 85.5 cm³/mol. The van der Waals surface area contributed by atoms with Gasteiger partial charge in [0.2, 0.25) is 0 Å². The van der Waals surface area contributed by atoms with Crippen LogP contribution in [0.15, 0.2) is 23.9 Å². The van der Waals surface area contributed by atoms with Crippen molar-refractivity contribution in [1.82, 2.24) is 10.6 Å². The normalized spacial score (nSPS) is 13.3. The Labute approximate surface area is 118 Å². The molecule has 0 saturated heterocycles. The molecule has 0 aliphatic heterocycles. The van der Waals surface area contributed by atoms with Gasteiger partial charge in [-0.2, -0.15) is 0 Å². The van der Waals surface area contributed by atoms with E-state index in [4.69, 9.17) is 12.2 Å². The number of rotatable bonds is 7. The van der Waals surface area contributed by atoms with Gasteiger partial charge in [0, 0.05) is 12.7 Å². The molecule has 104 valence electrons. The molecule has 3 heteroatoms. The van der Waals surface area contributed by atoms with Gasteiger partial charge in [0.25, 0.3) is 0 Å². The molecule has 0 spiro atoms. The Bertz CT molecular complexity index is 306. The average Bonchev–Trinajstić information content (AvgIpc) is 2.27. The molecular weight excluding hydrogens is 240 g/mol. The Balaban J connectivity index is 4.42. The summed E-state index contributed by atoms with van der Waals surface area (Å²) in [7, 11) is 1.81. The van der Waals surface area contributed by atoms with E-state index in [2.05, 4.69) is 51.0 Å². The Morgan fingerprint density at radius 2 is 1.89 bits per heavy atom. The first-order valence-corrected chi connectivity index (χ1v) is 7.16. The number of hydrogen-bond donors (Lipinski definition) is 2. The van der Waals surface area contributed by atoms with Crippen molar-refractivity contribution in [3.8, 4) is 0 Å². The molecule has 0 rings (SSSR count). The lowest BCUT2D eigenvalue weighted by molar-refractivity contribution is 0.553. The molecule has 0 aromatic heterocycles. The lowest BCUT2D eigenvalue weighted by Crippen LogP contribution is -2.32. The first-order chi connectivity index (χ1) is 8.40. The molecule has 0 amide bonds. The number of allylic oxidation sites excluding steroid dienone is 3. The third-order valence-corrected chi connectivity index (χ3v) is 3.12. The molecular formula is C15H28N2S. The zero-order valence-corrected chi connectivity index (χ0v) is 13.3. The zero-order valence-electron chi connectivity index (χ0n) is 12.5. The van der Waals surface area contributed by atoms with Crippen LogP contribution in [0.4, 0.5) is 0 Å². The second-order valence-electron chi connectivity index (χ2n) is 5.20.